The molecule has 4 heteroatoms. The third-order valence-corrected chi connectivity index (χ3v) is 5.37. The highest BCUT2D eigenvalue weighted by molar-refractivity contribution is 7.09. The Morgan fingerprint density at radius 3 is 2.58 bits per heavy atom. The Balaban J connectivity index is 1.85. The molecule has 1 aliphatic carbocycles. The first-order valence-electron chi connectivity index (χ1n) is 7.35. The molecule has 0 amide bonds. The van der Waals surface area contributed by atoms with E-state index in [0.29, 0.717) is 24.5 Å². The average Bonchev–Trinajstić information content (AvgIpc) is 2.87. The van der Waals surface area contributed by atoms with Gasteiger partial charge in [-0.25, -0.2) is 4.98 Å². The van der Waals surface area contributed by atoms with E-state index < -0.39 is 0 Å². The second-order valence-electron chi connectivity index (χ2n) is 6.10. The SMILES string of the molecule is CC(C)c1nc(CN(C)C2CCC(CO)CC2)cs1. The van der Waals surface area contributed by atoms with E-state index in [1.54, 1.807) is 11.3 Å². The number of thiazole rings is 1. The third-order valence-electron chi connectivity index (χ3n) is 4.17. The molecule has 3 nitrogen and oxygen atoms in total. The lowest BCUT2D eigenvalue weighted by Gasteiger charge is -2.33. The number of hydrogen-bond acceptors (Lipinski definition) is 4. The lowest BCUT2D eigenvalue weighted by molar-refractivity contribution is 0.123. The van der Waals surface area contributed by atoms with Crippen LogP contribution >= 0.6 is 11.3 Å². The summed E-state index contributed by atoms with van der Waals surface area (Å²) in [4.78, 5) is 7.15. The number of nitrogens with zero attached hydrogens (tertiary/aromatic N) is 2. The molecule has 1 heterocycles. The van der Waals surface area contributed by atoms with Crippen molar-refractivity contribution in [1.29, 1.82) is 0 Å². The van der Waals surface area contributed by atoms with Gasteiger partial charge in [-0.3, -0.25) is 4.90 Å². The van der Waals surface area contributed by atoms with E-state index in [2.05, 4.69) is 31.2 Å². The fourth-order valence-electron chi connectivity index (χ4n) is 2.81. The van der Waals surface area contributed by atoms with Gasteiger partial charge in [0.1, 0.15) is 0 Å². The Morgan fingerprint density at radius 1 is 1.37 bits per heavy atom. The quantitative estimate of drug-likeness (QED) is 0.900. The first-order valence-corrected chi connectivity index (χ1v) is 8.23. The molecule has 1 saturated carbocycles. The van der Waals surface area contributed by atoms with Crippen LogP contribution in [-0.2, 0) is 6.54 Å². The summed E-state index contributed by atoms with van der Waals surface area (Å²) in [6, 6.07) is 0.659. The van der Waals surface area contributed by atoms with Crippen LogP contribution in [0.3, 0.4) is 0 Å². The predicted octanol–water partition coefficient (Wildman–Crippen LogP) is 3.25. The van der Waals surface area contributed by atoms with Crippen LogP contribution in [0.4, 0.5) is 0 Å². The average molecular weight is 282 g/mol. The zero-order valence-electron chi connectivity index (χ0n) is 12.3. The largest absolute Gasteiger partial charge is 0.396 e. The Kier molecular flexibility index (Phi) is 5.37. The van der Waals surface area contributed by atoms with Crippen molar-refractivity contribution in [3.8, 4) is 0 Å². The van der Waals surface area contributed by atoms with Gasteiger partial charge < -0.3 is 5.11 Å². The molecule has 0 aliphatic heterocycles. The molecule has 1 fully saturated rings. The van der Waals surface area contributed by atoms with Gasteiger partial charge in [0.15, 0.2) is 0 Å². The van der Waals surface area contributed by atoms with Crippen LogP contribution in [0.15, 0.2) is 5.38 Å². The summed E-state index contributed by atoms with van der Waals surface area (Å²) in [5.74, 6) is 1.07. The van der Waals surface area contributed by atoms with E-state index in [9.17, 15) is 5.11 Å². The number of aromatic nitrogens is 1. The zero-order valence-corrected chi connectivity index (χ0v) is 13.1. The molecule has 0 spiro atoms. The Morgan fingerprint density at radius 2 is 2.05 bits per heavy atom. The minimum atomic E-state index is 0.361. The Labute approximate surface area is 120 Å². The van der Waals surface area contributed by atoms with Crippen LogP contribution in [0.1, 0.15) is 56.2 Å². The molecule has 108 valence electrons. The summed E-state index contributed by atoms with van der Waals surface area (Å²) in [7, 11) is 2.21. The monoisotopic (exact) mass is 282 g/mol. The van der Waals surface area contributed by atoms with Gasteiger partial charge in [-0.1, -0.05) is 13.8 Å². The van der Waals surface area contributed by atoms with Gasteiger partial charge in [-0.2, -0.15) is 0 Å². The van der Waals surface area contributed by atoms with Crippen molar-refractivity contribution < 1.29 is 5.11 Å². The van der Waals surface area contributed by atoms with Crippen molar-refractivity contribution in [3.05, 3.63) is 16.1 Å². The van der Waals surface area contributed by atoms with Crippen molar-refractivity contribution >= 4 is 11.3 Å². The van der Waals surface area contributed by atoms with Crippen molar-refractivity contribution in [1.82, 2.24) is 9.88 Å². The molecule has 1 aromatic heterocycles. The molecule has 2 rings (SSSR count). The first-order chi connectivity index (χ1) is 9.10. The van der Waals surface area contributed by atoms with Gasteiger partial charge >= 0.3 is 0 Å². The molecular formula is C15H26N2OS. The van der Waals surface area contributed by atoms with Gasteiger partial charge in [0.2, 0.25) is 0 Å². The number of rotatable bonds is 5. The maximum absolute atomic E-state index is 9.18. The van der Waals surface area contributed by atoms with Crippen molar-refractivity contribution in [3.63, 3.8) is 0 Å². The normalized spacial score (nSPS) is 24.3. The molecule has 0 bridgehead atoms. The molecule has 0 radical (unpaired) electrons. The lowest BCUT2D eigenvalue weighted by Crippen LogP contribution is -2.35. The summed E-state index contributed by atoms with van der Waals surface area (Å²) in [5, 5.41) is 12.6. The van der Waals surface area contributed by atoms with Crippen LogP contribution in [0, 0.1) is 5.92 Å². The second-order valence-corrected chi connectivity index (χ2v) is 6.99. The zero-order chi connectivity index (χ0) is 13.8. The van der Waals surface area contributed by atoms with Gasteiger partial charge in [0, 0.05) is 30.5 Å². The van der Waals surface area contributed by atoms with Crippen LogP contribution in [0.2, 0.25) is 0 Å². The maximum Gasteiger partial charge on any atom is 0.0954 e. The fraction of sp³-hybridized carbons (Fsp3) is 0.800. The predicted molar refractivity (Wildman–Crippen MR) is 80.5 cm³/mol. The highest BCUT2D eigenvalue weighted by atomic mass is 32.1. The van der Waals surface area contributed by atoms with Crippen molar-refractivity contribution in [2.75, 3.05) is 13.7 Å². The minimum Gasteiger partial charge on any atom is -0.396 e. The van der Waals surface area contributed by atoms with Gasteiger partial charge in [-0.05, 0) is 38.6 Å². The molecular weight excluding hydrogens is 256 g/mol. The highest BCUT2D eigenvalue weighted by Crippen LogP contribution is 2.28. The third kappa shape index (κ3) is 4.01. The molecule has 0 atom stereocenters. The molecule has 1 aromatic rings. The molecule has 0 aromatic carbocycles. The van der Waals surface area contributed by atoms with E-state index in [-0.39, 0.29) is 0 Å². The van der Waals surface area contributed by atoms with E-state index in [1.165, 1.54) is 36.4 Å². The summed E-state index contributed by atoms with van der Waals surface area (Å²) in [6.07, 6.45) is 4.76. The van der Waals surface area contributed by atoms with Gasteiger partial charge in [0.25, 0.3) is 0 Å². The standard InChI is InChI=1S/C15H26N2OS/c1-11(2)15-16-13(10-19-15)8-17(3)14-6-4-12(9-18)5-7-14/h10-12,14,18H,4-9H2,1-3H3. The van der Waals surface area contributed by atoms with Gasteiger partial charge in [0.05, 0.1) is 10.7 Å². The molecule has 0 unspecified atom stereocenters. The topological polar surface area (TPSA) is 36.4 Å². The fourth-order valence-corrected chi connectivity index (χ4v) is 3.64. The van der Waals surface area contributed by atoms with E-state index >= 15 is 0 Å². The molecule has 19 heavy (non-hydrogen) atoms. The number of aliphatic hydroxyl groups is 1. The number of hydrogen-bond donors (Lipinski definition) is 1. The Hall–Kier alpha value is -0.450. The molecule has 1 N–H and O–H groups in total. The van der Waals surface area contributed by atoms with Crippen LogP contribution < -0.4 is 0 Å². The van der Waals surface area contributed by atoms with Crippen LogP contribution in [0.25, 0.3) is 0 Å². The lowest BCUT2D eigenvalue weighted by atomic mass is 9.86. The molecule has 0 saturated heterocycles. The van der Waals surface area contributed by atoms with E-state index in [4.69, 9.17) is 4.98 Å². The highest BCUT2D eigenvalue weighted by Gasteiger charge is 2.23. The molecule has 1 aliphatic rings. The van der Waals surface area contributed by atoms with Crippen LogP contribution in [0.5, 0.6) is 0 Å². The minimum absolute atomic E-state index is 0.361. The van der Waals surface area contributed by atoms with Crippen molar-refractivity contribution in [2.24, 2.45) is 5.92 Å². The first kappa shape index (κ1) is 14.9. The summed E-state index contributed by atoms with van der Waals surface area (Å²) < 4.78 is 0. The summed E-state index contributed by atoms with van der Waals surface area (Å²) in [5.41, 5.74) is 1.21. The Bertz CT molecular complexity index is 383. The van der Waals surface area contributed by atoms with Crippen molar-refractivity contribution in [2.45, 2.75) is 58.0 Å². The summed E-state index contributed by atoms with van der Waals surface area (Å²) in [6.45, 7) is 5.71. The van der Waals surface area contributed by atoms with Gasteiger partial charge in [-0.15, -0.1) is 11.3 Å². The smallest absolute Gasteiger partial charge is 0.0954 e. The van der Waals surface area contributed by atoms with Crippen LogP contribution in [-0.4, -0.2) is 34.7 Å². The van der Waals surface area contributed by atoms with E-state index in [0.717, 1.165) is 6.54 Å². The summed E-state index contributed by atoms with van der Waals surface area (Å²) >= 11 is 1.78. The van der Waals surface area contributed by atoms with E-state index in [1.807, 2.05) is 0 Å². The second kappa shape index (κ2) is 6.82. The number of aliphatic hydroxyl groups excluding tert-OH is 1. The maximum atomic E-state index is 9.18.